The smallest absolute Gasteiger partial charge is 0.314 e. The van der Waals surface area contributed by atoms with Gasteiger partial charge in [0.2, 0.25) is 0 Å². The summed E-state index contributed by atoms with van der Waals surface area (Å²) >= 11 is 0. The minimum atomic E-state index is -1.32. The Kier molecular flexibility index (Phi) is 9.39. The Hall–Kier alpha value is -1.98. The van der Waals surface area contributed by atoms with Crippen LogP contribution in [-0.4, -0.2) is 39.3 Å². The van der Waals surface area contributed by atoms with Gasteiger partial charge in [0.05, 0.1) is 11.0 Å². The second kappa shape index (κ2) is 11.0. The number of carboxylic acids is 1. The first kappa shape index (κ1) is 23.1. The molecule has 0 aromatic rings. The number of carbonyl (C=O) groups is 2. The van der Waals surface area contributed by atoms with Crippen LogP contribution in [0.15, 0.2) is 48.6 Å². The molecule has 0 radical (unpaired) electrons. The highest BCUT2D eigenvalue weighted by Gasteiger charge is 2.48. The third-order valence-corrected chi connectivity index (χ3v) is 4.95. The Morgan fingerprint density at radius 1 is 1.19 bits per heavy atom. The molecule has 0 aromatic heterocycles. The number of carboxylic acid groups (broad SMARTS) is 1. The summed E-state index contributed by atoms with van der Waals surface area (Å²) in [6.45, 7) is 3.53. The van der Waals surface area contributed by atoms with Crippen molar-refractivity contribution < 1.29 is 24.9 Å². The Labute approximate surface area is 161 Å². The van der Waals surface area contributed by atoms with Crippen LogP contribution in [0.4, 0.5) is 0 Å². The maximum Gasteiger partial charge on any atom is 0.314 e. The molecule has 1 rings (SSSR count). The molecule has 0 aliphatic heterocycles. The lowest BCUT2D eigenvalue weighted by atomic mass is 9.70. The number of rotatable bonds is 11. The third kappa shape index (κ3) is 6.92. The minimum Gasteiger partial charge on any atom is -0.481 e. The maximum atomic E-state index is 12.3. The molecule has 0 amide bonds. The summed E-state index contributed by atoms with van der Waals surface area (Å²) in [6, 6.07) is 0. The molecule has 150 valence electrons. The molecule has 0 aromatic carbocycles. The van der Waals surface area contributed by atoms with Crippen LogP contribution in [-0.2, 0) is 9.59 Å². The molecule has 0 saturated heterocycles. The van der Waals surface area contributed by atoms with Gasteiger partial charge in [-0.2, -0.15) is 0 Å². The fourth-order valence-electron chi connectivity index (χ4n) is 3.42. The van der Waals surface area contributed by atoms with Crippen LogP contribution in [0.5, 0.6) is 0 Å². The quantitative estimate of drug-likeness (QED) is 0.378. The predicted octanol–water partition coefficient (Wildman–Crippen LogP) is 3.58. The summed E-state index contributed by atoms with van der Waals surface area (Å²) in [5.74, 6) is -1.61. The van der Waals surface area contributed by atoms with Gasteiger partial charge in [-0.3, -0.25) is 9.59 Å². The maximum absolute atomic E-state index is 12.3. The van der Waals surface area contributed by atoms with E-state index in [1.165, 1.54) is 0 Å². The molecule has 1 aliphatic carbocycles. The second-order valence-electron chi connectivity index (χ2n) is 7.29. The number of Topliss-reactive ketones (excluding diaryl/α,β-unsaturated/α-hetero) is 1. The number of hydrogen-bond acceptors (Lipinski definition) is 4. The van der Waals surface area contributed by atoms with Crippen LogP contribution in [0.1, 0.15) is 52.4 Å². The summed E-state index contributed by atoms with van der Waals surface area (Å²) in [5.41, 5.74) is -2.42. The highest BCUT2D eigenvalue weighted by atomic mass is 16.4. The summed E-state index contributed by atoms with van der Waals surface area (Å²) in [6.07, 6.45) is 16.3. The number of ketones is 1. The first-order valence-corrected chi connectivity index (χ1v) is 9.51. The molecule has 5 nitrogen and oxygen atoms in total. The summed E-state index contributed by atoms with van der Waals surface area (Å²) in [5, 5.41) is 29.3. The molecule has 0 unspecified atom stereocenters. The third-order valence-electron chi connectivity index (χ3n) is 4.95. The minimum absolute atomic E-state index is 0.00379. The summed E-state index contributed by atoms with van der Waals surface area (Å²) in [4.78, 5) is 24.5. The lowest BCUT2D eigenvalue weighted by Crippen LogP contribution is -2.39. The number of aliphatic carboxylic acids is 1. The van der Waals surface area contributed by atoms with Gasteiger partial charge in [-0.15, -0.1) is 0 Å². The average Bonchev–Trinajstić information content (AvgIpc) is 3.03. The Morgan fingerprint density at radius 3 is 2.48 bits per heavy atom. The molecule has 0 spiro atoms. The van der Waals surface area contributed by atoms with E-state index in [2.05, 4.69) is 0 Å². The van der Waals surface area contributed by atoms with Crippen LogP contribution in [0.2, 0.25) is 0 Å². The molecule has 3 N–H and O–H groups in total. The van der Waals surface area contributed by atoms with Gasteiger partial charge < -0.3 is 15.3 Å². The van der Waals surface area contributed by atoms with Crippen molar-refractivity contribution in [3.63, 3.8) is 0 Å². The monoisotopic (exact) mass is 376 g/mol. The fourth-order valence-corrected chi connectivity index (χ4v) is 3.42. The van der Waals surface area contributed by atoms with Gasteiger partial charge in [-0.25, -0.2) is 0 Å². The highest BCUT2D eigenvalue weighted by Crippen LogP contribution is 2.42. The number of aliphatic hydroxyl groups is 2. The van der Waals surface area contributed by atoms with Crippen LogP contribution < -0.4 is 0 Å². The van der Waals surface area contributed by atoms with Crippen molar-refractivity contribution in [2.24, 2.45) is 11.3 Å². The number of allylic oxidation sites excluding steroid dienone is 4. The predicted molar refractivity (Wildman–Crippen MR) is 106 cm³/mol. The molecule has 0 bridgehead atoms. The van der Waals surface area contributed by atoms with Crippen molar-refractivity contribution in [2.75, 3.05) is 6.61 Å². The molecule has 1 aliphatic rings. The highest BCUT2D eigenvalue weighted by molar-refractivity contribution is 5.91. The first-order valence-electron chi connectivity index (χ1n) is 9.51. The zero-order valence-electron chi connectivity index (χ0n) is 16.3. The molecule has 3 atom stereocenters. The molecular weight excluding hydrogens is 344 g/mol. The Morgan fingerprint density at radius 2 is 1.93 bits per heavy atom. The molecule has 0 heterocycles. The molecule has 5 heteroatoms. The SMILES string of the molecule is CC=CC=C[C@](C)(O)CC=C[C@](CC=CCCO)(C(=O)O)[C@H]1CCCC1=O. The van der Waals surface area contributed by atoms with Gasteiger partial charge in [-0.1, -0.05) is 48.6 Å². The van der Waals surface area contributed by atoms with Gasteiger partial charge in [0.25, 0.3) is 0 Å². The van der Waals surface area contributed by atoms with Crippen molar-refractivity contribution in [1.82, 2.24) is 0 Å². The van der Waals surface area contributed by atoms with E-state index in [0.717, 1.165) is 0 Å². The van der Waals surface area contributed by atoms with E-state index < -0.39 is 22.9 Å². The number of aliphatic hydroxyl groups excluding tert-OH is 1. The normalized spacial score (nSPS) is 23.0. The number of carbonyl (C=O) groups excluding carboxylic acids is 1. The standard InChI is InChI=1S/C22H32O5/c1-3-4-6-13-21(2,27)14-10-16-22(20(25)26,15-7-5-8-17-23)18-11-9-12-19(18)24/h3-7,10,13,16,18,23,27H,8-9,11-12,14-15,17H2,1-2H3,(H,25,26)/t18-,21-,22-/m0/s1. The van der Waals surface area contributed by atoms with Gasteiger partial charge >= 0.3 is 5.97 Å². The van der Waals surface area contributed by atoms with Gasteiger partial charge in [-0.05, 0) is 46.0 Å². The largest absolute Gasteiger partial charge is 0.481 e. The van der Waals surface area contributed by atoms with E-state index in [-0.39, 0.29) is 25.2 Å². The summed E-state index contributed by atoms with van der Waals surface area (Å²) in [7, 11) is 0. The van der Waals surface area contributed by atoms with Crippen molar-refractivity contribution >= 4 is 11.8 Å². The average molecular weight is 376 g/mol. The lowest BCUT2D eigenvalue weighted by Gasteiger charge is -2.31. The Bertz CT molecular complexity index is 612. The Balaban J connectivity index is 3.08. The van der Waals surface area contributed by atoms with Crippen molar-refractivity contribution in [3.05, 3.63) is 48.6 Å². The van der Waals surface area contributed by atoms with E-state index >= 15 is 0 Å². The fraction of sp³-hybridized carbons (Fsp3) is 0.545. The zero-order chi connectivity index (χ0) is 20.3. The topological polar surface area (TPSA) is 94.8 Å². The van der Waals surface area contributed by atoms with E-state index in [1.54, 1.807) is 43.4 Å². The van der Waals surface area contributed by atoms with Gasteiger partial charge in [0.1, 0.15) is 5.78 Å². The van der Waals surface area contributed by atoms with Gasteiger partial charge in [0, 0.05) is 18.9 Å². The molecule has 1 saturated carbocycles. The summed E-state index contributed by atoms with van der Waals surface area (Å²) < 4.78 is 0. The molecule has 27 heavy (non-hydrogen) atoms. The lowest BCUT2D eigenvalue weighted by molar-refractivity contribution is -0.151. The van der Waals surface area contributed by atoms with E-state index in [9.17, 15) is 19.8 Å². The van der Waals surface area contributed by atoms with Crippen molar-refractivity contribution in [1.29, 1.82) is 0 Å². The number of hydrogen-bond donors (Lipinski definition) is 3. The van der Waals surface area contributed by atoms with Crippen LogP contribution in [0.25, 0.3) is 0 Å². The van der Waals surface area contributed by atoms with Gasteiger partial charge in [0.15, 0.2) is 0 Å². The van der Waals surface area contributed by atoms with E-state index in [4.69, 9.17) is 5.11 Å². The van der Waals surface area contributed by atoms with Crippen molar-refractivity contribution in [3.8, 4) is 0 Å². The molecule has 1 fully saturated rings. The second-order valence-corrected chi connectivity index (χ2v) is 7.29. The molecular formula is C22H32O5. The van der Waals surface area contributed by atoms with E-state index in [1.807, 2.05) is 19.1 Å². The van der Waals surface area contributed by atoms with Crippen molar-refractivity contribution in [2.45, 2.75) is 58.0 Å². The first-order chi connectivity index (χ1) is 12.8. The van der Waals surface area contributed by atoms with E-state index in [0.29, 0.717) is 25.7 Å². The zero-order valence-corrected chi connectivity index (χ0v) is 16.3. The van der Waals surface area contributed by atoms with Crippen LogP contribution in [0, 0.1) is 11.3 Å². The van der Waals surface area contributed by atoms with Crippen LogP contribution >= 0.6 is 0 Å². The van der Waals surface area contributed by atoms with Crippen LogP contribution in [0.3, 0.4) is 0 Å².